The van der Waals surface area contributed by atoms with Crippen LogP contribution in [0.15, 0.2) is 0 Å². The van der Waals surface area contributed by atoms with Gasteiger partial charge in [-0.25, -0.2) is 0 Å². The maximum atomic E-state index is 10.7. The van der Waals surface area contributed by atoms with Gasteiger partial charge < -0.3 is 15.5 Å². The van der Waals surface area contributed by atoms with Crippen molar-refractivity contribution in [2.24, 2.45) is 5.92 Å². The first kappa shape index (κ1) is 11.5. The summed E-state index contributed by atoms with van der Waals surface area (Å²) in [4.78, 5) is 10.7. The Balaban J connectivity index is 2.22. The summed E-state index contributed by atoms with van der Waals surface area (Å²) in [5.41, 5.74) is 0. The molecule has 0 aromatic carbocycles. The smallest absolute Gasteiger partial charge is 0.320 e. The van der Waals surface area contributed by atoms with Crippen molar-refractivity contribution < 1.29 is 15.0 Å². The molecule has 0 heterocycles. The van der Waals surface area contributed by atoms with E-state index in [2.05, 4.69) is 5.32 Å². The van der Waals surface area contributed by atoms with E-state index in [4.69, 9.17) is 5.11 Å². The minimum absolute atomic E-state index is 0.174. The predicted octanol–water partition coefficient (Wildman–Crippen LogP) is 0.600. The average molecular weight is 201 g/mol. The fourth-order valence-corrected chi connectivity index (χ4v) is 1.95. The molecule has 0 amide bonds. The quantitative estimate of drug-likeness (QED) is 0.609. The molecule has 3 unspecified atom stereocenters. The van der Waals surface area contributed by atoms with Crippen molar-refractivity contribution in [2.75, 3.05) is 6.54 Å². The third kappa shape index (κ3) is 3.27. The summed E-state index contributed by atoms with van der Waals surface area (Å²) in [5.74, 6) is -0.343. The number of aliphatic hydroxyl groups excluding tert-OH is 1. The molecule has 3 atom stereocenters. The lowest BCUT2D eigenvalue weighted by molar-refractivity contribution is -0.139. The Hall–Kier alpha value is -0.610. The number of carboxylic acid groups (broad SMARTS) is 1. The summed E-state index contributed by atoms with van der Waals surface area (Å²) in [6, 6.07) is -0.437. The number of rotatable bonds is 5. The summed E-state index contributed by atoms with van der Waals surface area (Å²) in [6.07, 6.45) is 3.10. The fraction of sp³-hybridized carbons (Fsp3) is 0.900. The molecule has 0 saturated heterocycles. The fourth-order valence-electron chi connectivity index (χ4n) is 1.95. The summed E-state index contributed by atoms with van der Waals surface area (Å²) in [7, 11) is 0. The zero-order chi connectivity index (χ0) is 10.6. The van der Waals surface area contributed by atoms with Gasteiger partial charge in [0.25, 0.3) is 0 Å². The Morgan fingerprint density at radius 2 is 2.29 bits per heavy atom. The van der Waals surface area contributed by atoms with Crippen molar-refractivity contribution in [1.82, 2.24) is 5.32 Å². The second-order valence-corrected chi connectivity index (χ2v) is 4.04. The minimum Gasteiger partial charge on any atom is -0.480 e. The molecule has 0 aliphatic heterocycles. The van der Waals surface area contributed by atoms with E-state index in [9.17, 15) is 9.90 Å². The third-order valence-corrected chi connectivity index (χ3v) is 2.87. The van der Waals surface area contributed by atoms with Gasteiger partial charge in [0, 0.05) is 0 Å². The lowest BCUT2D eigenvalue weighted by atomic mass is 10.1. The average Bonchev–Trinajstić information content (AvgIpc) is 2.52. The van der Waals surface area contributed by atoms with Crippen LogP contribution >= 0.6 is 0 Å². The Morgan fingerprint density at radius 3 is 2.71 bits per heavy atom. The van der Waals surface area contributed by atoms with Crippen molar-refractivity contribution in [1.29, 1.82) is 0 Å². The predicted molar refractivity (Wildman–Crippen MR) is 53.1 cm³/mol. The second kappa shape index (κ2) is 5.32. The first-order chi connectivity index (χ1) is 6.63. The van der Waals surface area contributed by atoms with E-state index in [-0.39, 0.29) is 6.10 Å². The number of aliphatic carboxylic acids is 1. The normalized spacial score (nSPS) is 29.0. The molecule has 4 heteroatoms. The molecule has 0 radical (unpaired) electrons. The van der Waals surface area contributed by atoms with E-state index in [1.165, 1.54) is 0 Å². The lowest BCUT2D eigenvalue weighted by Crippen LogP contribution is -2.38. The number of hydrogen-bond acceptors (Lipinski definition) is 3. The number of hydrogen-bond donors (Lipinski definition) is 3. The Labute approximate surface area is 84.3 Å². The molecule has 14 heavy (non-hydrogen) atoms. The van der Waals surface area contributed by atoms with Crippen LogP contribution in [-0.2, 0) is 4.79 Å². The van der Waals surface area contributed by atoms with Gasteiger partial charge >= 0.3 is 5.97 Å². The Morgan fingerprint density at radius 1 is 1.57 bits per heavy atom. The molecule has 1 rings (SSSR count). The van der Waals surface area contributed by atoms with Crippen molar-refractivity contribution in [3.8, 4) is 0 Å². The van der Waals surface area contributed by atoms with Gasteiger partial charge in [-0.2, -0.15) is 0 Å². The van der Waals surface area contributed by atoms with Gasteiger partial charge in [-0.1, -0.05) is 6.92 Å². The molecule has 1 fully saturated rings. The number of carboxylic acids is 1. The van der Waals surface area contributed by atoms with Crippen LogP contribution in [0.2, 0.25) is 0 Å². The van der Waals surface area contributed by atoms with Crippen molar-refractivity contribution in [3.05, 3.63) is 0 Å². The summed E-state index contributed by atoms with van der Waals surface area (Å²) < 4.78 is 0. The number of carbonyl (C=O) groups is 1. The monoisotopic (exact) mass is 201 g/mol. The van der Waals surface area contributed by atoms with Crippen LogP contribution in [-0.4, -0.2) is 34.9 Å². The van der Waals surface area contributed by atoms with E-state index >= 15 is 0 Å². The Kier molecular flexibility index (Phi) is 4.35. The minimum atomic E-state index is -0.786. The van der Waals surface area contributed by atoms with Crippen LogP contribution in [0.4, 0.5) is 0 Å². The molecular formula is C10H19NO3. The van der Waals surface area contributed by atoms with Crippen molar-refractivity contribution in [2.45, 2.75) is 44.8 Å². The zero-order valence-corrected chi connectivity index (χ0v) is 8.57. The SMILES string of the molecule is CCC(NCC1CCC(O)C1)C(=O)O. The topological polar surface area (TPSA) is 69.6 Å². The summed E-state index contributed by atoms with van der Waals surface area (Å²) in [5, 5.41) is 21.1. The van der Waals surface area contributed by atoms with Crippen LogP contribution in [0.3, 0.4) is 0 Å². The second-order valence-electron chi connectivity index (χ2n) is 4.04. The summed E-state index contributed by atoms with van der Waals surface area (Å²) in [6.45, 7) is 2.57. The third-order valence-electron chi connectivity index (χ3n) is 2.87. The van der Waals surface area contributed by atoms with Gasteiger partial charge in [0.2, 0.25) is 0 Å². The number of nitrogens with one attached hydrogen (secondary N) is 1. The molecule has 0 spiro atoms. The van der Waals surface area contributed by atoms with E-state index < -0.39 is 12.0 Å². The van der Waals surface area contributed by atoms with Gasteiger partial charge in [0.15, 0.2) is 0 Å². The molecule has 3 N–H and O–H groups in total. The van der Waals surface area contributed by atoms with Gasteiger partial charge in [-0.3, -0.25) is 4.79 Å². The molecule has 1 aliphatic rings. The molecule has 0 bridgehead atoms. The van der Waals surface area contributed by atoms with Crippen molar-refractivity contribution >= 4 is 5.97 Å². The van der Waals surface area contributed by atoms with Crippen molar-refractivity contribution in [3.63, 3.8) is 0 Å². The van der Waals surface area contributed by atoms with Crippen LogP contribution < -0.4 is 5.32 Å². The molecule has 4 nitrogen and oxygen atoms in total. The van der Waals surface area contributed by atoms with E-state index in [0.29, 0.717) is 18.9 Å². The standard InChI is InChI=1S/C10H19NO3/c1-2-9(10(13)14)11-6-7-3-4-8(12)5-7/h7-9,11-12H,2-6H2,1H3,(H,13,14). The van der Waals surface area contributed by atoms with E-state index in [1.54, 1.807) is 0 Å². The zero-order valence-electron chi connectivity index (χ0n) is 8.57. The summed E-state index contributed by atoms with van der Waals surface area (Å²) >= 11 is 0. The molecule has 1 aliphatic carbocycles. The highest BCUT2D eigenvalue weighted by molar-refractivity contribution is 5.73. The number of aliphatic hydroxyl groups is 1. The highest BCUT2D eigenvalue weighted by Crippen LogP contribution is 2.24. The maximum absolute atomic E-state index is 10.7. The molecular weight excluding hydrogens is 182 g/mol. The van der Waals surface area contributed by atoms with E-state index in [1.807, 2.05) is 6.92 Å². The first-order valence-electron chi connectivity index (χ1n) is 5.27. The molecule has 0 aromatic heterocycles. The maximum Gasteiger partial charge on any atom is 0.320 e. The highest BCUT2D eigenvalue weighted by Gasteiger charge is 2.24. The molecule has 0 aromatic rings. The van der Waals surface area contributed by atoms with Crippen LogP contribution in [0.25, 0.3) is 0 Å². The largest absolute Gasteiger partial charge is 0.480 e. The molecule has 1 saturated carbocycles. The first-order valence-corrected chi connectivity index (χ1v) is 5.27. The molecule has 82 valence electrons. The lowest BCUT2D eigenvalue weighted by Gasteiger charge is -2.15. The Bertz CT molecular complexity index is 196. The van der Waals surface area contributed by atoms with Crippen LogP contribution in [0.1, 0.15) is 32.6 Å². The van der Waals surface area contributed by atoms with Gasteiger partial charge in [0.05, 0.1) is 6.10 Å². The van der Waals surface area contributed by atoms with Gasteiger partial charge in [-0.15, -0.1) is 0 Å². The van der Waals surface area contributed by atoms with Gasteiger partial charge in [0.1, 0.15) is 6.04 Å². The van der Waals surface area contributed by atoms with Crippen LogP contribution in [0, 0.1) is 5.92 Å². The highest BCUT2D eigenvalue weighted by atomic mass is 16.4. The van der Waals surface area contributed by atoms with E-state index in [0.717, 1.165) is 19.3 Å². The van der Waals surface area contributed by atoms with Gasteiger partial charge in [-0.05, 0) is 38.1 Å². The van der Waals surface area contributed by atoms with Crippen LogP contribution in [0.5, 0.6) is 0 Å².